The number of hydrogen-bond acceptors (Lipinski definition) is 5. The fourth-order valence-electron chi connectivity index (χ4n) is 1.63. The number of rotatable bonds is 6. The van der Waals surface area contributed by atoms with Gasteiger partial charge in [0.05, 0.1) is 0 Å². The van der Waals surface area contributed by atoms with E-state index in [2.05, 4.69) is 15.6 Å². The van der Waals surface area contributed by atoms with Crippen LogP contribution in [0.4, 0.5) is 11.5 Å². The van der Waals surface area contributed by atoms with Crippen LogP contribution in [0.1, 0.15) is 19.8 Å². The van der Waals surface area contributed by atoms with Crippen molar-refractivity contribution in [3.8, 4) is 0 Å². The minimum atomic E-state index is -0.577. The lowest BCUT2D eigenvalue weighted by molar-refractivity contribution is -0.120. The van der Waals surface area contributed by atoms with Crippen molar-refractivity contribution in [2.24, 2.45) is 0 Å². The lowest BCUT2D eigenvalue weighted by Crippen LogP contribution is -2.34. The molecule has 1 amide bonds. The van der Waals surface area contributed by atoms with E-state index in [-0.39, 0.29) is 30.4 Å². The van der Waals surface area contributed by atoms with E-state index in [1.54, 1.807) is 0 Å². The molecule has 1 aromatic heterocycles. The Morgan fingerprint density at radius 3 is 2.68 bits per heavy atom. The summed E-state index contributed by atoms with van der Waals surface area (Å²) in [5, 5.41) is 5.25. The Bertz CT molecular complexity index is 560. The molecule has 0 spiro atoms. The number of H-pyrrole nitrogens is 1. The van der Waals surface area contributed by atoms with Gasteiger partial charge in [0.25, 0.3) is 5.56 Å². The third-order valence-corrected chi connectivity index (χ3v) is 2.62. The SMILES string of the molecule is CCCn1c(N)c(NCCC(=O)NC)c(=O)[nH]c1=O. The number of anilines is 2. The number of aromatic nitrogens is 2. The van der Waals surface area contributed by atoms with Gasteiger partial charge in [-0.05, 0) is 6.42 Å². The van der Waals surface area contributed by atoms with Gasteiger partial charge in [-0.3, -0.25) is 19.1 Å². The van der Waals surface area contributed by atoms with Crippen LogP contribution >= 0.6 is 0 Å². The Hall–Kier alpha value is -2.25. The van der Waals surface area contributed by atoms with Crippen LogP contribution in [0.15, 0.2) is 9.59 Å². The van der Waals surface area contributed by atoms with Gasteiger partial charge < -0.3 is 16.4 Å². The normalized spacial score (nSPS) is 10.2. The maximum absolute atomic E-state index is 11.7. The molecule has 0 saturated carbocycles. The molecule has 0 bridgehead atoms. The zero-order valence-electron chi connectivity index (χ0n) is 11.1. The third-order valence-electron chi connectivity index (χ3n) is 2.62. The van der Waals surface area contributed by atoms with Gasteiger partial charge in [-0.2, -0.15) is 0 Å². The average Bonchev–Trinajstić information content (AvgIpc) is 2.38. The molecule has 0 aliphatic rings. The molecule has 106 valence electrons. The van der Waals surface area contributed by atoms with Crippen molar-refractivity contribution < 1.29 is 4.79 Å². The second-order valence-electron chi connectivity index (χ2n) is 4.02. The molecular formula is C11H19N5O3. The average molecular weight is 269 g/mol. The highest BCUT2D eigenvalue weighted by atomic mass is 16.2. The summed E-state index contributed by atoms with van der Waals surface area (Å²) in [4.78, 5) is 36.5. The predicted molar refractivity (Wildman–Crippen MR) is 73.2 cm³/mol. The van der Waals surface area contributed by atoms with Gasteiger partial charge in [0.1, 0.15) is 11.5 Å². The van der Waals surface area contributed by atoms with Gasteiger partial charge >= 0.3 is 5.69 Å². The largest absolute Gasteiger partial charge is 0.383 e. The molecule has 0 aliphatic heterocycles. The Morgan fingerprint density at radius 2 is 2.11 bits per heavy atom. The lowest BCUT2D eigenvalue weighted by Gasteiger charge is -2.12. The fraction of sp³-hybridized carbons (Fsp3) is 0.545. The minimum Gasteiger partial charge on any atom is -0.383 e. The van der Waals surface area contributed by atoms with Crippen LogP contribution < -0.4 is 27.6 Å². The molecule has 0 atom stereocenters. The van der Waals surface area contributed by atoms with Crippen LogP contribution in [0.5, 0.6) is 0 Å². The molecule has 0 aromatic carbocycles. The summed E-state index contributed by atoms with van der Waals surface area (Å²) in [7, 11) is 1.53. The number of amides is 1. The van der Waals surface area contributed by atoms with Crippen molar-refractivity contribution >= 4 is 17.4 Å². The van der Waals surface area contributed by atoms with Crippen molar-refractivity contribution in [2.75, 3.05) is 24.6 Å². The Morgan fingerprint density at radius 1 is 1.42 bits per heavy atom. The highest BCUT2D eigenvalue weighted by Crippen LogP contribution is 2.10. The van der Waals surface area contributed by atoms with Crippen LogP contribution in [-0.4, -0.2) is 29.1 Å². The van der Waals surface area contributed by atoms with Gasteiger partial charge in [-0.15, -0.1) is 0 Å². The number of hydrogen-bond donors (Lipinski definition) is 4. The zero-order valence-corrected chi connectivity index (χ0v) is 11.1. The monoisotopic (exact) mass is 269 g/mol. The van der Waals surface area contributed by atoms with Gasteiger partial charge in [0.2, 0.25) is 5.91 Å². The van der Waals surface area contributed by atoms with Crippen molar-refractivity contribution in [2.45, 2.75) is 26.3 Å². The van der Waals surface area contributed by atoms with Crippen LogP contribution in [0.25, 0.3) is 0 Å². The van der Waals surface area contributed by atoms with Gasteiger partial charge in [-0.25, -0.2) is 4.79 Å². The maximum Gasteiger partial charge on any atom is 0.330 e. The molecule has 0 radical (unpaired) electrons. The van der Waals surface area contributed by atoms with Crippen molar-refractivity contribution in [1.82, 2.24) is 14.9 Å². The standard InChI is InChI=1S/C11H19N5O3/c1-3-6-16-9(12)8(10(18)15-11(16)19)14-5-4-7(17)13-2/h14H,3-6,12H2,1-2H3,(H,13,17)(H,15,18,19). The Labute approximate surface area is 110 Å². The summed E-state index contributed by atoms with van der Waals surface area (Å²) in [6, 6.07) is 0. The number of aromatic amines is 1. The number of carbonyl (C=O) groups excluding carboxylic acids is 1. The first-order valence-corrected chi connectivity index (χ1v) is 6.08. The van der Waals surface area contributed by atoms with E-state index in [1.165, 1.54) is 11.6 Å². The minimum absolute atomic E-state index is 0.0903. The summed E-state index contributed by atoms with van der Waals surface area (Å²) in [5.41, 5.74) is 4.82. The number of nitrogens with one attached hydrogen (secondary N) is 3. The molecule has 1 aromatic rings. The molecule has 1 heterocycles. The molecule has 0 aliphatic carbocycles. The molecular weight excluding hydrogens is 250 g/mol. The molecule has 0 fully saturated rings. The van der Waals surface area contributed by atoms with E-state index in [1.807, 2.05) is 6.92 Å². The number of nitrogen functional groups attached to an aromatic ring is 1. The number of nitrogens with zero attached hydrogens (tertiary/aromatic N) is 1. The summed E-state index contributed by atoms with van der Waals surface area (Å²) < 4.78 is 1.30. The Balaban J connectivity index is 2.94. The third kappa shape index (κ3) is 3.60. The van der Waals surface area contributed by atoms with E-state index in [0.717, 1.165) is 0 Å². The van der Waals surface area contributed by atoms with Crippen LogP contribution in [0, 0.1) is 0 Å². The first-order valence-electron chi connectivity index (χ1n) is 6.08. The van der Waals surface area contributed by atoms with Gasteiger partial charge in [-0.1, -0.05) is 6.92 Å². The van der Waals surface area contributed by atoms with Crippen LogP contribution in [0.3, 0.4) is 0 Å². The molecule has 19 heavy (non-hydrogen) atoms. The predicted octanol–water partition coefficient (Wildman–Crippen LogP) is -0.923. The maximum atomic E-state index is 11.7. The van der Waals surface area contributed by atoms with Gasteiger partial charge in [0, 0.05) is 26.6 Å². The quantitative estimate of drug-likeness (QED) is 0.532. The molecule has 0 saturated heterocycles. The highest BCUT2D eigenvalue weighted by Gasteiger charge is 2.11. The molecule has 5 N–H and O–H groups in total. The van der Waals surface area contributed by atoms with Crippen molar-refractivity contribution in [3.05, 3.63) is 20.8 Å². The smallest absolute Gasteiger partial charge is 0.330 e. The highest BCUT2D eigenvalue weighted by molar-refractivity contribution is 5.76. The topological polar surface area (TPSA) is 122 Å². The molecule has 0 unspecified atom stereocenters. The van der Waals surface area contributed by atoms with Gasteiger partial charge in [0.15, 0.2) is 0 Å². The van der Waals surface area contributed by atoms with Crippen LogP contribution in [-0.2, 0) is 11.3 Å². The van der Waals surface area contributed by atoms with Crippen molar-refractivity contribution in [3.63, 3.8) is 0 Å². The summed E-state index contributed by atoms with van der Waals surface area (Å²) in [6.45, 7) is 2.58. The second kappa shape index (κ2) is 6.62. The fourth-order valence-corrected chi connectivity index (χ4v) is 1.63. The molecule has 8 heteroatoms. The molecule has 8 nitrogen and oxygen atoms in total. The summed E-state index contributed by atoms with van der Waals surface area (Å²) >= 11 is 0. The second-order valence-corrected chi connectivity index (χ2v) is 4.02. The zero-order chi connectivity index (χ0) is 14.4. The molecule has 1 rings (SSSR count). The first kappa shape index (κ1) is 14.8. The lowest BCUT2D eigenvalue weighted by atomic mass is 10.3. The van der Waals surface area contributed by atoms with E-state index in [9.17, 15) is 14.4 Å². The van der Waals surface area contributed by atoms with E-state index >= 15 is 0 Å². The van der Waals surface area contributed by atoms with E-state index in [0.29, 0.717) is 13.0 Å². The number of nitrogens with two attached hydrogens (primary N) is 1. The van der Waals surface area contributed by atoms with E-state index in [4.69, 9.17) is 5.73 Å². The summed E-state index contributed by atoms with van der Waals surface area (Å²) in [5.74, 6) is -0.0584. The first-order chi connectivity index (χ1) is 9.01. The van der Waals surface area contributed by atoms with Crippen molar-refractivity contribution in [1.29, 1.82) is 0 Å². The van der Waals surface area contributed by atoms with Crippen LogP contribution in [0.2, 0.25) is 0 Å². The number of carbonyl (C=O) groups is 1. The summed E-state index contributed by atoms with van der Waals surface area (Å²) in [6.07, 6.45) is 0.927. The van der Waals surface area contributed by atoms with E-state index < -0.39 is 11.2 Å². The Kier molecular flexibility index (Phi) is 5.16.